The molecular formula is C39H43BrN4O8. The zero-order valence-electron chi connectivity index (χ0n) is 29.7. The predicted molar refractivity (Wildman–Crippen MR) is 195 cm³/mol. The average molecular weight is 776 g/mol. The number of nitrogens with zero attached hydrogens (tertiary/aromatic N) is 2. The van der Waals surface area contributed by atoms with Crippen molar-refractivity contribution in [3.05, 3.63) is 112 Å². The Morgan fingerprint density at radius 2 is 1.83 bits per heavy atom. The van der Waals surface area contributed by atoms with E-state index < -0.39 is 41.4 Å². The minimum atomic E-state index is -2.48. The maximum atomic E-state index is 14.0. The van der Waals surface area contributed by atoms with Crippen molar-refractivity contribution in [1.82, 2.24) is 15.6 Å². The summed E-state index contributed by atoms with van der Waals surface area (Å²) in [6.07, 6.45) is -2.68. The van der Waals surface area contributed by atoms with Gasteiger partial charge in [-0.05, 0) is 56.0 Å². The molecule has 3 aromatic carbocycles. The van der Waals surface area contributed by atoms with Crippen LogP contribution in [-0.2, 0) is 28.2 Å². The van der Waals surface area contributed by atoms with Gasteiger partial charge < -0.3 is 39.5 Å². The Morgan fingerprint density at radius 1 is 1.12 bits per heavy atom. The molecule has 1 aromatic heterocycles. The van der Waals surface area contributed by atoms with Gasteiger partial charge in [0.1, 0.15) is 48.0 Å². The Bertz CT molecular complexity index is 1920. The molecule has 52 heavy (non-hydrogen) atoms. The number of carbonyl (C=O) groups is 2. The summed E-state index contributed by atoms with van der Waals surface area (Å²) in [5.41, 5.74) is -2.03. The van der Waals surface area contributed by atoms with Crippen molar-refractivity contribution in [3.8, 4) is 17.6 Å². The van der Waals surface area contributed by atoms with Crippen LogP contribution in [-0.4, -0.2) is 50.8 Å². The number of hydrogen-bond acceptors (Lipinski definition) is 10. The van der Waals surface area contributed by atoms with Gasteiger partial charge >= 0.3 is 6.09 Å². The molecule has 0 saturated carbocycles. The molecule has 4 atom stereocenters. The highest BCUT2D eigenvalue weighted by atomic mass is 79.9. The van der Waals surface area contributed by atoms with Crippen LogP contribution in [0.25, 0.3) is 0 Å². The van der Waals surface area contributed by atoms with Crippen LogP contribution in [0.4, 0.5) is 4.79 Å². The monoisotopic (exact) mass is 774 g/mol. The number of halogens is 1. The number of aromatic nitrogens is 1. The van der Waals surface area contributed by atoms with Crippen molar-refractivity contribution in [1.29, 1.82) is 5.26 Å². The van der Waals surface area contributed by atoms with E-state index in [1.54, 1.807) is 63.2 Å². The van der Waals surface area contributed by atoms with E-state index in [0.717, 1.165) is 5.56 Å². The summed E-state index contributed by atoms with van der Waals surface area (Å²) >= 11 is 3.37. The minimum Gasteiger partial charge on any atom is -0.492 e. The summed E-state index contributed by atoms with van der Waals surface area (Å²) in [6.45, 7) is 9.13. The van der Waals surface area contributed by atoms with Gasteiger partial charge in [0, 0.05) is 22.9 Å². The number of nitrogens with one attached hydrogen (secondary N) is 2. The molecule has 4 aromatic rings. The van der Waals surface area contributed by atoms with Crippen LogP contribution in [0.1, 0.15) is 86.4 Å². The van der Waals surface area contributed by atoms with Gasteiger partial charge in [-0.15, -0.1) is 0 Å². The Labute approximate surface area is 311 Å². The average Bonchev–Trinajstić information content (AvgIpc) is 3.55. The van der Waals surface area contributed by atoms with Gasteiger partial charge in [0.2, 0.25) is 11.8 Å². The Balaban J connectivity index is 1.76. The van der Waals surface area contributed by atoms with Crippen LogP contribution < -0.4 is 20.1 Å². The maximum absolute atomic E-state index is 14.0. The van der Waals surface area contributed by atoms with Gasteiger partial charge in [0.25, 0.3) is 0 Å². The number of ether oxygens (including phenoxy) is 3. The van der Waals surface area contributed by atoms with E-state index in [9.17, 15) is 25.1 Å². The summed E-state index contributed by atoms with van der Waals surface area (Å²) < 4.78 is 24.1. The molecule has 12 nitrogen and oxygen atoms in total. The normalized spacial score (nSPS) is 20.4. The third-order valence-corrected chi connectivity index (χ3v) is 8.73. The number of nitriles is 1. The maximum Gasteiger partial charge on any atom is 0.408 e. The number of aliphatic hydroxyl groups excluding tert-OH is 1. The lowest BCUT2D eigenvalue weighted by Crippen LogP contribution is -2.50. The van der Waals surface area contributed by atoms with Crippen LogP contribution in [0.3, 0.4) is 0 Å². The van der Waals surface area contributed by atoms with Crippen LogP contribution in [0.15, 0.2) is 77.2 Å². The van der Waals surface area contributed by atoms with Crippen LogP contribution in [0.2, 0.25) is 0 Å². The second kappa shape index (κ2) is 16.2. The molecule has 0 aliphatic carbocycles. The van der Waals surface area contributed by atoms with Crippen LogP contribution in [0, 0.1) is 17.2 Å². The smallest absolute Gasteiger partial charge is 0.408 e. The fraction of sp³-hybridized carbons (Fsp3) is 0.385. The van der Waals surface area contributed by atoms with Gasteiger partial charge in [-0.2, -0.15) is 5.26 Å². The SMILES string of the molecule is CC(C)[C@@H]1NC(=O)[C@@H](NC(=O)OC(C)(C)C)Cc2ccc(OCc3ccccc3)c(c2)[C@H](O)[C@@](O)(c2ccccc2OCCBr)c2oc1nc2C#N. The zero-order valence-corrected chi connectivity index (χ0v) is 31.3. The second-order valence-corrected chi connectivity index (χ2v) is 14.6. The molecule has 1 aliphatic heterocycles. The molecular weight excluding hydrogens is 732 g/mol. The first kappa shape index (κ1) is 38.3. The van der Waals surface area contributed by atoms with Crippen molar-refractivity contribution in [3.63, 3.8) is 0 Å². The molecule has 0 unspecified atom stereocenters. The van der Waals surface area contributed by atoms with Gasteiger partial charge in [-0.3, -0.25) is 4.79 Å². The van der Waals surface area contributed by atoms with Gasteiger partial charge in [0.15, 0.2) is 17.1 Å². The van der Waals surface area contributed by atoms with E-state index in [2.05, 4.69) is 31.5 Å². The predicted octanol–water partition coefficient (Wildman–Crippen LogP) is 6.13. The topological polar surface area (TPSA) is 176 Å². The van der Waals surface area contributed by atoms with Gasteiger partial charge in [-0.1, -0.05) is 84.4 Å². The molecule has 0 fully saturated rings. The minimum absolute atomic E-state index is 0.0303. The summed E-state index contributed by atoms with van der Waals surface area (Å²) in [5.74, 6) is -0.894. The number of alkyl halides is 1. The Kier molecular flexibility index (Phi) is 11.9. The standard InChI is InChI=1S/C39H43BrN4O8/c1-23(2)32-36-42-29(21-41)34(51-36)39(48,27-13-9-10-14-31(27)49-18-17-40)33(45)26-19-25(15-16-30(26)50-22-24-11-7-6-8-12-24)20-28(35(46)44-32)43-37(47)52-38(3,4)5/h6-16,19,23,28,32-33,45,48H,17-18,20,22H2,1-5H3,(H,43,47)(H,44,46)/t28-,32-,33-,39-/m0/s1. The van der Waals surface area contributed by atoms with Crippen molar-refractivity contribution in [2.45, 2.75) is 77.0 Å². The number of oxazole rings is 1. The molecule has 0 spiro atoms. The molecule has 0 radical (unpaired) electrons. The third-order valence-electron chi connectivity index (χ3n) is 8.41. The molecule has 0 saturated heterocycles. The summed E-state index contributed by atoms with van der Waals surface area (Å²) in [7, 11) is 0. The molecule has 274 valence electrons. The van der Waals surface area contributed by atoms with E-state index >= 15 is 0 Å². The molecule has 4 bridgehead atoms. The molecule has 2 heterocycles. The lowest BCUT2D eigenvalue weighted by atomic mass is 9.80. The fourth-order valence-electron chi connectivity index (χ4n) is 5.95. The van der Waals surface area contributed by atoms with Gasteiger partial charge in [0.05, 0.1) is 6.61 Å². The summed E-state index contributed by atoms with van der Waals surface area (Å²) in [4.78, 5) is 31.5. The quantitative estimate of drug-likeness (QED) is 0.145. The van der Waals surface area contributed by atoms with E-state index in [-0.39, 0.29) is 65.5 Å². The highest BCUT2D eigenvalue weighted by molar-refractivity contribution is 9.09. The molecule has 13 heteroatoms. The molecule has 4 N–H and O–H groups in total. The number of fused-ring (bicyclic) bond motifs is 4. The first-order chi connectivity index (χ1) is 24.7. The number of hydrogen-bond donors (Lipinski definition) is 4. The first-order valence-electron chi connectivity index (χ1n) is 16.9. The molecule has 5 rings (SSSR count). The highest BCUT2D eigenvalue weighted by Gasteiger charge is 2.50. The fourth-order valence-corrected chi connectivity index (χ4v) is 6.11. The van der Waals surface area contributed by atoms with Crippen molar-refractivity contribution >= 4 is 27.9 Å². The van der Waals surface area contributed by atoms with E-state index in [1.807, 2.05) is 50.2 Å². The van der Waals surface area contributed by atoms with Crippen molar-refractivity contribution < 1.29 is 38.4 Å². The Morgan fingerprint density at radius 3 is 2.50 bits per heavy atom. The summed E-state index contributed by atoms with van der Waals surface area (Å²) in [5, 5.41) is 42.1. The lowest BCUT2D eigenvalue weighted by Gasteiger charge is -2.34. The highest BCUT2D eigenvalue weighted by Crippen LogP contribution is 2.49. The zero-order chi connectivity index (χ0) is 37.6. The van der Waals surface area contributed by atoms with Crippen LogP contribution >= 0.6 is 15.9 Å². The number of rotatable bonds is 9. The number of amides is 2. The van der Waals surface area contributed by atoms with E-state index in [1.165, 1.54) is 0 Å². The second-order valence-electron chi connectivity index (χ2n) is 13.8. The number of alkyl carbamates (subject to hydrolysis) is 1. The molecule has 2 amide bonds. The van der Waals surface area contributed by atoms with Crippen LogP contribution in [0.5, 0.6) is 11.5 Å². The number of aliphatic hydroxyl groups is 2. The third kappa shape index (κ3) is 8.58. The first-order valence-corrected chi connectivity index (χ1v) is 18.1. The lowest BCUT2D eigenvalue weighted by molar-refractivity contribution is -0.124. The Hall–Kier alpha value is -4.90. The molecule has 1 aliphatic rings. The number of para-hydroxylation sites is 1. The van der Waals surface area contributed by atoms with Crippen molar-refractivity contribution in [2.24, 2.45) is 5.92 Å². The van der Waals surface area contributed by atoms with Gasteiger partial charge in [-0.25, -0.2) is 9.78 Å². The largest absolute Gasteiger partial charge is 0.492 e. The van der Waals surface area contributed by atoms with Crippen molar-refractivity contribution in [2.75, 3.05) is 11.9 Å². The summed E-state index contributed by atoms with van der Waals surface area (Å²) in [6, 6.07) is 20.9. The number of carbonyl (C=O) groups excluding carboxylic acids is 2. The number of benzene rings is 3. The van der Waals surface area contributed by atoms with E-state index in [4.69, 9.17) is 18.6 Å². The van der Waals surface area contributed by atoms with E-state index in [0.29, 0.717) is 10.9 Å².